The summed E-state index contributed by atoms with van der Waals surface area (Å²) in [5.74, 6) is -0.745. The molecule has 0 aromatic carbocycles. The molecule has 0 bridgehead atoms. The Morgan fingerprint density at radius 1 is 0.872 bits per heavy atom. The quantitative estimate of drug-likeness (QED) is 0.175. The molecule has 15 atom stereocenters. The third-order valence-electron chi connectivity index (χ3n) is 16.0. The van der Waals surface area contributed by atoms with Crippen LogP contribution < -0.4 is 0 Å². The predicted octanol–water partition coefficient (Wildman–Crippen LogP) is 2.82. The molecule has 47 heavy (non-hydrogen) atoms. The van der Waals surface area contributed by atoms with E-state index in [4.69, 9.17) is 9.47 Å². The molecule has 0 aromatic heterocycles. The van der Waals surface area contributed by atoms with Gasteiger partial charge in [0.05, 0.1) is 29.8 Å². The number of hydrogen-bond donors (Lipinski definition) is 7. The molecule has 0 unspecified atom stereocenters. The number of fused-ring (bicyclic) bond motifs is 7. The average Bonchev–Trinajstić information content (AvgIpc) is 2.98. The molecule has 0 amide bonds. The second kappa shape index (κ2) is 10.9. The van der Waals surface area contributed by atoms with Crippen molar-refractivity contribution in [3.05, 3.63) is 11.6 Å². The third kappa shape index (κ3) is 4.54. The van der Waals surface area contributed by atoms with Gasteiger partial charge in [0.1, 0.15) is 24.4 Å². The number of allylic oxidation sites excluding steroid dienone is 1. The van der Waals surface area contributed by atoms with Crippen molar-refractivity contribution < 1.29 is 50.0 Å². The number of aliphatic hydroxyl groups excluding tert-OH is 6. The normalized spacial score (nSPS) is 55.0. The van der Waals surface area contributed by atoms with Gasteiger partial charge in [0.15, 0.2) is 0 Å². The number of hydrogen-bond acceptors (Lipinski definition) is 10. The van der Waals surface area contributed by atoms with E-state index in [-0.39, 0.29) is 28.1 Å². The first-order chi connectivity index (χ1) is 21.6. The summed E-state index contributed by atoms with van der Waals surface area (Å²) < 4.78 is 11.5. The first-order valence-electron chi connectivity index (χ1n) is 17.9. The molecule has 268 valence electrons. The number of rotatable bonds is 3. The van der Waals surface area contributed by atoms with Crippen LogP contribution in [0.2, 0.25) is 0 Å². The summed E-state index contributed by atoms with van der Waals surface area (Å²) in [5, 5.41) is 76.0. The molecule has 0 spiro atoms. The molecule has 10 heteroatoms. The zero-order valence-corrected chi connectivity index (χ0v) is 29.6. The number of carbonyl (C=O) groups is 1. The Kier molecular flexibility index (Phi) is 8.31. The number of carbonyl (C=O) groups excluding carboxylic acids is 1. The highest BCUT2D eigenvalue weighted by Crippen LogP contribution is 2.76. The van der Waals surface area contributed by atoms with Gasteiger partial charge >= 0.3 is 5.97 Å². The number of esters is 1. The van der Waals surface area contributed by atoms with Crippen LogP contribution in [0.25, 0.3) is 0 Å². The van der Waals surface area contributed by atoms with Gasteiger partial charge in [0.25, 0.3) is 0 Å². The van der Waals surface area contributed by atoms with Crippen LogP contribution in [0.15, 0.2) is 11.6 Å². The maximum Gasteiger partial charge on any atom is 0.315 e. The Labute approximate surface area is 279 Å². The summed E-state index contributed by atoms with van der Waals surface area (Å²) in [4.78, 5) is 14.6. The molecule has 4 saturated carbocycles. The lowest BCUT2D eigenvalue weighted by Crippen LogP contribution is -2.70. The van der Waals surface area contributed by atoms with Crippen molar-refractivity contribution in [3.8, 4) is 0 Å². The van der Waals surface area contributed by atoms with Gasteiger partial charge in [-0.05, 0) is 97.2 Å². The molecular weight excluding hydrogens is 604 g/mol. The molecule has 6 rings (SSSR count). The first kappa shape index (κ1) is 35.7. The minimum atomic E-state index is -1.71. The van der Waals surface area contributed by atoms with Crippen LogP contribution in [-0.2, 0) is 14.3 Å². The highest BCUT2D eigenvalue weighted by Gasteiger charge is 2.73. The van der Waals surface area contributed by atoms with Gasteiger partial charge in [-0.2, -0.15) is 0 Å². The van der Waals surface area contributed by atoms with Gasteiger partial charge in [0.2, 0.25) is 6.29 Å². The highest BCUT2D eigenvalue weighted by atomic mass is 16.7. The lowest BCUT2D eigenvalue weighted by Gasteiger charge is -2.72. The first-order valence-corrected chi connectivity index (χ1v) is 17.9. The molecule has 1 aliphatic heterocycles. The predicted molar refractivity (Wildman–Crippen MR) is 172 cm³/mol. The zero-order chi connectivity index (χ0) is 34.9. The van der Waals surface area contributed by atoms with Crippen LogP contribution in [0, 0.1) is 50.2 Å². The molecule has 10 nitrogen and oxygen atoms in total. The summed E-state index contributed by atoms with van der Waals surface area (Å²) >= 11 is 0. The Morgan fingerprint density at radius 3 is 2.15 bits per heavy atom. The SMILES string of the molecule is CC1(C)[C@@H](O)[C@H](O)C[C@]2(C)[C@H]3CC=C4[C@H]5[C@](C(=O)O[C@@H]6O[C@H](CO)[C@@H](O)[C@H](O)[C@H]6O)(CCC(C)(C)[C@]5(C)O)CC[C@@]4(C)[C@]3(C)CC[C@@H]12. The van der Waals surface area contributed by atoms with E-state index in [1.54, 1.807) is 0 Å². The van der Waals surface area contributed by atoms with Crippen molar-refractivity contribution >= 4 is 5.97 Å². The van der Waals surface area contributed by atoms with E-state index in [0.717, 1.165) is 24.8 Å². The molecule has 0 radical (unpaired) electrons. The summed E-state index contributed by atoms with van der Waals surface area (Å²) in [7, 11) is 0. The Balaban J connectivity index is 1.42. The Morgan fingerprint density at radius 2 is 1.51 bits per heavy atom. The fraction of sp³-hybridized carbons (Fsp3) is 0.919. The van der Waals surface area contributed by atoms with Crippen molar-refractivity contribution in [3.63, 3.8) is 0 Å². The number of ether oxygens (including phenoxy) is 2. The fourth-order valence-corrected chi connectivity index (χ4v) is 12.5. The van der Waals surface area contributed by atoms with Gasteiger partial charge < -0.3 is 45.2 Å². The summed E-state index contributed by atoms with van der Waals surface area (Å²) in [6.45, 7) is 16.5. The van der Waals surface area contributed by atoms with Crippen LogP contribution in [0.1, 0.15) is 107 Å². The standard InChI is InChI=1S/C37H60O10/c1-31(2)13-15-37(30(44)47-29-26(42)25(41)24(40)21(18-38)46-29)16-14-34(6)19(27(37)36(31,8)45)9-10-23-33(5)17-20(39)28(43)32(3,4)22(33)11-12-35(23,34)7/h9,20-29,38-43,45H,10-18H2,1-8H3/t20-,21-,22+,23-,24-,25+,26-,27-,28+,29+,33+,34-,35-,36-,37+/m1/s1. The largest absolute Gasteiger partial charge is 0.432 e. The molecule has 5 aliphatic carbocycles. The Bertz CT molecular complexity index is 1290. The lowest BCUT2D eigenvalue weighted by atomic mass is 9.32. The maximum atomic E-state index is 14.6. The van der Waals surface area contributed by atoms with Crippen molar-refractivity contribution in [2.24, 2.45) is 50.2 Å². The summed E-state index contributed by atoms with van der Waals surface area (Å²) in [6, 6.07) is 0. The molecule has 1 heterocycles. The van der Waals surface area contributed by atoms with Crippen molar-refractivity contribution in [2.75, 3.05) is 6.61 Å². The van der Waals surface area contributed by atoms with Gasteiger partial charge in [0, 0.05) is 5.92 Å². The molecule has 7 N–H and O–H groups in total. The molecule has 6 aliphatic rings. The van der Waals surface area contributed by atoms with E-state index < -0.39 is 83.3 Å². The van der Waals surface area contributed by atoms with Crippen molar-refractivity contribution in [2.45, 2.75) is 155 Å². The van der Waals surface area contributed by atoms with Gasteiger partial charge in [-0.15, -0.1) is 0 Å². The smallest absolute Gasteiger partial charge is 0.315 e. The van der Waals surface area contributed by atoms with Crippen LogP contribution in [0.4, 0.5) is 0 Å². The average molecular weight is 665 g/mol. The van der Waals surface area contributed by atoms with Crippen LogP contribution in [0.3, 0.4) is 0 Å². The van der Waals surface area contributed by atoms with Crippen molar-refractivity contribution in [1.29, 1.82) is 0 Å². The van der Waals surface area contributed by atoms with E-state index in [9.17, 15) is 40.5 Å². The second-order valence-electron chi connectivity index (χ2n) is 18.6. The molecule has 5 fully saturated rings. The maximum absolute atomic E-state index is 14.6. The molecule has 1 saturated heterocycles. The summed E-state index contributed by atoms with van der Waals surface area (Å²) in [5.41, 5.74) is -3.11. The number of aliphatic hydroxyl groups is 7. The highest BCUT2D eigenvalue weighted by molar-refractivity contribution is 5.79. The lowest BCUT2D eigenvalue weighted by molar-refractivity contribution is -0.300. The fourth-order valence-electron chi connectivity index (χ4n) is 12.5. The zero-order valence-electron chi connectivity index (χ0n) is 29.6. The van der Waals surface area contributed by atoms with Gasteiger partial charge in [-0.1, -0.05) is 60.1 Å². The second-order valence-corrected chi connectivity index (χ2v) is 18.6. The minimum Gasteiger partial charge on any atom is -0.432 e. The van der Waals surface area contributed by atoms with Crippen molar-refractivity contribution in [1.82, 2.24) is 0 Å². The van der Waals surface area contributed by atoms with Crippen LogP contribution in [-0.4, -0.2) is 96.8 Å². The summed E-state index contributed by atoms with van der Waals surface area (Å²) in [6.07, 6.45) is -1.78. The minimum absolute atomic E-state index is 0.203. The van der Waals surface area contributed by atoms with Gasteiger partial charge in [-0.3, -0.25) is 4.79 Å². The van der Waals surface area contributed by atoms with Crippen LogP contribution in [0.5, 0.6) is 0 Å². The topological polar surface area (TPSA) is 177 Å². The Hall–Kier alpha value is -1.11. The van der Waals surface area contributed by atoms with Gasteiger partial charge in [-0.25, -0.2) is 0 Å². The van der Waals surface area contributed by atoms with E-state index in [2.05, 4.69) is 40.7 Å². The van der Waals surface area contributed by atoms with E-state index >= 15 is 0 Å². The monoisotopic (exact) mass is 664 g/mol. The van der Waals surface area contributed by atoms with Crippen LogP contribution >= 0.6 is 0 Å². The molecular formula is C37H60O10. The van der Waals surface area contributed by atoms with E-state index in [0.29, 0.717) is 32.1 Å². The molecule has 0 aromatic rings. The third-order valence-corrected chi connectivity index (χ3v) is 16.0. The van der Waals surface area contributed by atoms with E-state index in [1.807, 2.05) is 20.8 Å². The van der Waals surface area contributed by atoms with E-state index in [1.165, 1.54) is 0 Å².